The lowest BCUT2D eigenvalue weighted by atomic mass is 10.1. The van der Waals surface area contributed by atoms with Crippen LogP contribution in [-0.2, 0) is 18.3 Å². The Morgan fingerprint density at radius 3 is 2.62 bits per heavy atom. The van der Waals surface area contributed by atoms with Gasteiger partial charge in [-0.15, -0.1) is 0 Å². The summed E-state index contributed by atoms with van der Waals surface area (Å²) in [5.41, 5.74) is 3.74. The zero-order chi connectivity index (χ0) is 25.9. The molecule has 3 N–H and O–H groups in total. The Kier molecular flexibility index (Phi) is 6.29. The number of benzene rings is 2. The molecule has 0 bridgehead atoms. The monoisotopic (exact) mass is 497 g/mol. The van der Waals surface area contributed by atoms with Gasteiger partial charge in [-0.25, -0.2) is 0 Å². The summed E-state index contributed by atoms with van der Waals surface area (Å²) in [6.07, 6.45) is 5.93. The first kappa shape index (κ1) is 23.6. The molecule has 0 atom stereocenters. The third kappa shape index (κ3) is 4.85. The second kappa shape index (κ2) is 9.86. The fraction of sp³-hybridized carbons (Fsp3) is 0.111. The average molecular weight is 498 g/mol. The molecular weight excluding hydrogens is 474 g/mol. The van der Waals surface area contributed by atoms with Crippen LogP contribution in [0.5, 0.6) is 0 Å². The smallest absolute Gasteiger partial charge is 0.395 e. The van der Waals surface area contributed by atoms with Gasteiger partial charge in [-0.3, -0.25) is 19.7 Å². The van der Waals surface area contributed by atoms with E-state index in [4.69, 9.17) is 4.42 Å². The number of hydrogen-bond donors (Lipinski definition) is 3. The van der Waals surface area contributed by atoms with Crippen LogP contribution in [0, 0.1) is 10.1 Å². The molecule has 2 aromatic carbocycles. The summed E-state index contributed by atoms with van der Waals surface area (Å²) in [6, 6.07) is 17.9. The van der Waals surface area contributed by atoms with Crippen molar-refractivity contribution in [2.45, 2.75) is 6.42 Å². The molecule has 5 aromatic rings. The zero-order valence-electron chi connectivity index (χ0n) is 19.9. The fourth-order valence-corrected chi connectivity index (χ4v) is 4.28. The van der Waals surface area contributed by atoms with Gasteiger partial charge in [0, 0.05) is 53.4 Å². The summed E-state index contributed by atoms with van der Waals surface area (Å²) >= 11 is 0. The van der Waals surface area contributed by atoms with Crippen LogP contribution < -0.4 is 10.6 Å². The van der Waals surface area contributed by atoms with Gasteiger partial charge >= 0.3 is 5.88 Å². The SMILES string of the molecule is Cn1cc(C=C(NC(=O)c2ccc([N+](=O)[O-])o2)C(=O)NCCc2c[nH]c3ccccc23)c2ccccc21. The molecule has 186 valence electrons. The van der Waals surface area contributed by atoms with Crippen molar-refractivity contribution in [2.75, 3.05) is 6.54 Å². The number of furan rings is 1. The molecule has 0 fully saturated rings. The third-order valence-corrected chi connectivity index (χ3v) is 6.07. The van der Waals surface area contributed by atoms with Crippen molar-refractivity contribution in [1.29, 1.82) is 0 Å². The summed E-state index contributed by atoms with van der Waals surface area (Å²) in [6.45, 7) is 0.329. The number of nitrogens with one attached hydrogen (secondary N) is 3. The van der Waals surface area contributed by atoms with Crippen LogP contribution in [0.3, 0.4) is 0 Å². The summed E-state index contributed by atoms with van der Waals surface area (Å²) in [5.74, 6) is -2.11. The highest BCUT2D eigenvalue weighted by molar-refractivity contribution is 6.06. The zero-order valence-corrected chi connectivity index (χ0v) is 19.9. The molecule has 3 aromatic heterocycles. The normalized spacial score (nSPS) is 11.6. The largest absolute Gasteiger partial charge is 0.433 e. The topological polar surface area (TPSA) is 135 Å². The van der Waals surface area contributed by atoms with E-state index in [1.807, 2.05) is 72.5 Å². The van der Waals surface area contributed by atoms with Crippen molar-refractivity contribution >= 4 is 45.6 Å². The van der Waals surface area contributed by atoms with Crippen LogP contribution in [0.2, 0.25) is 0 Å². The minimum atomic E-state index is -0.772. The second-order valence-electron chi connectivity index (χ2n) is 8.49. The third-order valence-electron chi connectivity index (χ3n) is 6.07. The average Bonchev–Trinajstić information content (AvgIpc) is 3.62. The Balaban J connectivity index is 1.39. The highest BCUT2D eigenvalue weighted by atomic mass is 16.6. The summed E-state index contributed by atoms with van der Waals surface area (Å²) < 4.78 is 6.93. The lowest BCUT2D eigenvalue weighted by Crippen LogP contribution is -2.35. The van der Waals surface area contributed by atoms with Crippen molar-refractivity contribution in [3.05, 3.63) is 106 Å². The first-order valence-electron chi connectivity index (χ1n) is 11.6. The van der Waals surface area contributed by atoms with Gasteiger partial charge in [0.2, 0.25) is 0 Å². The van der Waals surface area contributed by atoms with Gasteiger partial charge in [0.15, 0.2) is 5.76 Å². The van der Waals surface area contributed by atoms with Crippen LogP contribution >= 0.6 is 0 Å². The fourth-order valence-electron chi connectivity index (χ4n) is 4.28. The molecule has 0 unspecified atom stereocenters. The van der Waals surface area contributed by atoms with Gasteiger partial charge < -0.3 is 24.6 Å². The maximum absolute atomic E-state index is 13.2. The van der Waals surface area contributed by atoms with Gasteiger partial charge in [-0.1, -0.05) is 36.4 Å². The Hall–Kier alpha value is -5.12. The number of carbonyl (C=O) groups excluding carboxylic acids is 2. The molecule has 0 aliphatic heterocycles. The van der Waals surface area contributed by atoms with Crippen molar-refractivity contribution < 1.29 is 18.9 Å². The summed E-state index contributed by atoms with van der Waals surface area (Å²) in [7, 11) is 1.89. The van der Waals surface area contributed by atoms with Crippen molar-refractivity contribution in [1.82, 2.24) is 20.2 Å². The molecule has 0 radical (unpaired) electrons. The number of nitro groups is 1. The molecule has 0 aliphatic rings. The molecule has 37 heavy (non-hydrogen) atoms. The van der Waals surface area contributed by atoms with Gasteiger partial charge in [-0.05, 0) is 36.3 Å². The van der Waals surface area contributed by atoms with E-state index >= 15 is 0 Å². The highest BCUT2D eigenvalue weighted by Gasteiger charge is 2.21. The quantitative estimate of drug-likeness (QED) is 0.167. The van der Waals surface area contributed by atoms with E-state index in [0.29, 0.717) is 13.0 Å². The number of aryl methyl sites for hydroxylation is 1. The molecule has 3 heterocycles. The molecule has 0 spiro atoms. The number of fused-ring (bicyclic) bond motifs is 2. The van der Waals surface area contributed by atoms with E-state index in [1.54, 1.807) is 6.08 Å². The Labute approximate surface area is 210 Å². The lowest BCUT2D eigenvalue weighted by Gasteiger charge is -2.10. The number of carbonyl (C=O) groups is 2. The van der Waals surface area contributed by atoms with E-state index in [1.165, 1.54) is 6.07 Å². The molecule has 5 rings (SSSR count). The van der Waals surface area contributed by atoms with E-state index < -0.39 is 22.6 Å². The summed E-state index contributed by atoms with van der Waals surface area (Å²) in [5, 5.41) is 18.3. The molecule has 10 heteroatoms. The number of aromatic amines is 1. The van der Waals surface area contributed by atoms with Crippen LogP contribution in [0.1, 0.15) is 21.7 Å². The van der Waals surface area contributed by atoms with Crippen molar-refractivity contribution in [3.63, 3.8) is 0 Å². The predicted octanol–water partition coefficient (Wildman–Crippen LogP) is 4.29. The van der Waals surface area contributed by atoms with Crippen molar-refractivity contribution in [2.24, 2.45) is 7.05 Å². The Morgan fingerprint density at radius 2 is 1.84 bits per heavy atom. The molecule has 0 aliphatic carbocycles. The van der Waals surface area contributed by atoms with E-state index in [2.05, 4.69) is 15.6 Å². The standard InChI is InChI=1S/C27H23N5O5/c1-31-16-18(20-7-3-5-9-23(20)31)14-22(30-27(34)24-10-11-25(37-24)32(35)36)26(33)28-13-12-17-15-29-21-8-4-2-6-19(17)21/h2-11,14-16,29H,12-13H2,1H3,(H,28,33)(H,30,34). The van der Waals surface area contributed by atoms with Crippen LogP contribution in [0.4, 0.5) is 5.88 Å². The molecule has 10 nitrogen and oxygen atoms in total. The molecular formula is C27H23N5O5. The van der Waals surface area contributed by atoms with Crippen LogP contribution in [0.25, 0.3) is 27.9 Å². The van der Waals surface area contributed by atoms with E-state index in [0.717, 1.165) is 39.0 Å². The first-order valence-corrected chi connectivity index (χ1v) is 11.6. The van der Waals surface area contributed by atoms with Gasteiger partial charge in [0.05, 0.1) is 6.07 Å². The van der Waals surface area contributed by atoms with Crippen molar-refractivity contribution in [3.8, 4) is 0 Å². The number of aromatic nitrogens is 2. The van der Waals surface area contributed by atoms with Gasteiger partial charge in [0.25, 0.3) is 11.8 Å². The number of H-pyrrole nitrogens is 1. The number of hydrogen-bond acceptors (Lipinski definition) is 5. The number of para-hydroxylation sites is 2. The van der Waals surface area contributed by atoms with Gasteiger partial charge in [0.1, 0.15) is 10.6 Å². The second-order valence-corrected chi connectivity index (χ2v) is 8.49. The number of rotatable bonds is 8. The molecule has 0 saturated carbocycles. The predicted molar refractivity (Wildman–Crippen MR) is 139 cm³/mol. The van der Waals surface area contributed by atoms with E-state index in [9.17, 15) is 19.7 Å². The maximum atomic E-state index is 13.2. The minimum absolute atomic E-state index is 0.0145. The maximum Gasteiger partial charge on any atom is 0.433 e. The highest BCUT2D eigenvalue weighted by Crippen LogP contribution is 2.23. The Bertz CT molecular complexity index is 1670. The van der Waals surface area contributed by atoms with Crippen LogP contribution in [-0.4, -0.2) is 32.8 Å². The first-order chi connectivity index (χ1) is 17.9. The Morgan fingerprint density at radius 1 is 1.08 bits per heavy atom. The number of amides is 2. The number of nitrogens with zero attached hydrogens (tertiary/aromatic N) is 2. The molecule has 2 amide bonds. The lowest BCUT2D eigenvalue weighted by molar-refractivity contribution is -0.402. The van der Waals surface area contributed by atoms with E-state index in [-0.39, 0.29) is 11.5 Å². The van der Waals surface area contributed by atoms with Crippen LogP contribution in [0.15, 0.2) is 83.2 Å². The summed E-state index contributed by atoms with van der Waals surface area (Å²) in [4.78, 5) is 39.4. The molecule has 0 saturated heterocycles. The minimum Gasteiger partial charge on any atom is -0.395 e. The van der Waals surface area contributed by atoms with Gasteiger partial charge in [-0.2, -0.15) is 0 Å².